The van der Waals surface area contributed by atoms with Crippen LogP contribution in [-0.4, -0.2) is 54.3 Å². The standard InChI is InChI=1S/C26H26N4O2S/c27-19-22-12-18-33-25(22)28-23(31)11-13-29-14-16-30(17-15-29)26(32)24(20-7-3-1-4-8-20)21-9-5-2-6-10-21/h1-10,12,18,24H,11,13-17H2,(H,28,31). The maximum Gasteiger partial charge on any atom is 0.234 e. The molecule has 1 N–H and O–H groups in total. The average molecular weight is 459 g/mol. The Morgan fingerprint density at radius 1 is 0.939 bits per heavy atom. The van der Waals surface area contributed by atoms with Gasteiger partial charge in [-0.3, -0.25) is 14.5 Å². The lowest BCUT2D eigenvalue weighted by atomic mass is 9.90. The van der Waals surface area contributed by atoms with Gasteiger partial charge in [0.15, 0.2) is 0 Å². The fraction of sp³-hybridized carbons (Fsp3) is 0.269. The molecule has 2 aromatic carbocycles. The number of thiophene rings is 1. The molecule has 2 heterocycles. The van der Waals surface area contributed by atoms with Gasteiger partial charge in [-0.05, 0) is 22.6 Å². The quantitative estimate of drug-likeness (QED) is 0.582. The zero-order valence-corrected chi connectivity index (χ0v) is 19.1. The third-order valence-corrected chi connectivity index (χ3v) is 6.72. The van der Waals surface area contributed by atoms with Crippen molar-refractivity contribution in [3.63, 3.8) is 0 Å². The van der Waals surface area contributed by atoms with E-state index in [0.717, 1.165) is 24.2 Å². The van der Waals surface area contributed by atoms with Crippen molar-refractivity contribution in [2.75, 3.05) is 38.0 Å². The predicted octanol–water partition coefficient (Wildman–Crippen LogP) is 3.92. The van der Waals surface area contributed by atoms with E-state index in [0.29, 0.717) is 36.6 Å². The zero-order chi connectivity index (χ0) is 23.0. The molecule has 1 aromatic heterocycles. The molecule has 168 valence electrons. The number of carbonyl (C=O) groups is 2. The van der Waals surface area contributed by atoms with Crippen LogP contribution in [0.5, 0.6) is 0 Å². The minimum absolute atomic E-state index is 0.0966. The maximum atomic E-state index is 13.5. The summed E-state index contributed by atoms with van der Waals surface area (Å²) in [5.41, 5.74) is 2.49. The number of nitriles is 1. The Labute approximate surface area is 198 Å². The highest BCUT2D eigenvalue weighted by atomic mass is 32.1. The fourth-order valence-corrected chi connectivity index (χ4v) is 4.84. The van der Waals surface area contributed by atoms with Crippen LogP contribution in [0.2, 0.25) is 0 Å². The lowest BCUT2D eigenvalue weighted by Gasteiger charge is -2.36. The minimum atomic E-state index is -0.315. The van der Waals surface area contributed by atoms with Crippen LogP contribution < -0.4 is 5.32 Å². The van der Waals surface area contributed by atoms with Crippen LogP contribution in [0, 0.1) is 11.3 Å². The predicted molar refractivity (Wildman–Crippen MR) is 130 cm³/mol. The first kappa shape index (κ1) is 22.7. The van der Waals surface area contributed by atoms with Crippen molar-refractivity contribution in [3.05, 3.63) is 88.8 Å². The van der Waals surface area contributed by atoms with Gasteiger partial charge in [0.25, 0.3) is 0 Å². The second-order valence-corrected chi connectivity index (χ2v) is 8.91. The number of rotatable bonds is 7. The number of hydrogen-bond donors (Lipinski definition) is 1. The lowest BCUT2D eigenvalue weighted by molar-refractivity contribution is -0.133. The summed E-state index contributed by atoms with van der Waals surface area (Å²) in [7, 11) is 0. The Hall–Kier alpha value is -3.47. The largest absolute Gasteiger partial charge is 0.339 e. The van der Waals surface area contributed by atoms with Crippen LogP contribution in [0.4, 0.5) is 5.00 Å². The van der Waals surface area contributed by atoms with E-state index in [1.54, 1.807) is 11.4 Å². The van der Waals surface area contributed by atoms with Gasteiger partial charge in [-0.25, -0.2) is 0 Å². The topological polar surface area (TPSA) is 76.4 Å². The van der Waals surface area contributed by atoms with Gasteiger partial charge < -0.3 is 10.2 Å². The van der Waals surface area contributed by atoms with Crippen LogP contribution in [0.25, 0.3) is 0 Å². The van der Waals surface area contributed by atoms with Crippen molar-refractivity contribution in [1.29, 1.82) is 5.26 Å². The van der Waals surface area contributed by atoms with Crippen molar-refractivity contribution in [2.45, 2.75) is 12.3 Å². The molecule has 1 fully saturated rings. The monoisotopic (exact) mass is 458 g/mol. The van der Waals surface area contributed by atoms with E-state index in [1.165, 1.54) is 11.3 Å². The van der Waals surface area contributed by atoms with Gasteiger partial charge in [0.2, 0.25) is 11.8 Å². The van der Waals surface area contributed by atoms with Gasteiger partial charge in [0.1, 0.15) is 11.1 Å². The second kappa shape index (κ2) is 10.9. The van der Waals surface area contributed by atoms with Crippen molar-refractivity contribution in [2.24, 2.45) is 0 Å². The molecule has 0 saturated carbocycles. The van der Waals surface area contributed by atoms with Crippen LogP contribution in [0.1, 0.15) is 29.0 Å². The molecule has 2 amide bonds. The molecular weight excluding hydrogens is 432 g/mol. The highest BCUT2D eigenvalue weighted by Crippen LogP contribution is 2.27. The molecule has 1 saturated heterocycles. The number of hydrogen-bond acceptors (Lipinski definition) is 5. The first-order valence-corrected chi connectivity index (χ1v) is 11.9. The molecule has 7 heteroatoms. The number of anilines is 1. The molecule has 4 rings (SSSR count). The summed E-state index contributed by atoms with van der Waals surface area (Å²) in [6.07, 6.45) is 0.355. The Morgan fingerprint density at radius 3 is 2.12 bits per heavy atom. The van der Waals surface area contributed by atoms with E-state index in [2.05, 4.69) is 16.3 Å². The summed E-state index contributed by atoms with van der Waals surface area (Å²) in [5.74, 6) is -0.294. The van der Waals surface area contributed by atoms with Gasteiger partial charge in [-0.1, -0.05) is 60.7 Å². The second-order valence-electron chi connectivity index (χ2n) is 7.99. The third kappa shape index (κ3) is 5.67. The number of nitrogens with zero attached hydrogens (tertiary/aromatic N) is 3. The summed E-state index contributed by atoms with van der Waals surface area (Å²) in [6.45, 7) is 3.37. The molecule has 6 nitrogen and oxygen atoms in total. The smallest absolute Gasteiger partial charge is 0.234 e. The molecule has 0 bridgehead atoms. The van der Waals surface area contributed by atoms with E-state index < -0.39 is 0 Å². The molecule has 0 aliphatic carbocycles. The SMILES string of the molecule is N#Cc1ccsc1NC(=O)CCN1CCN(C(=O)C(c2ccccc2)c2ccccc2)CC1. The summed E-state index contributed by atoms with van der Waals surface area (Å²) in [6, 6.07) is 23.6. The first-order chi connectivity index (χ1) is 16.2. The van der Waals surface area contributed by atoms with Gasteiger partial charge >= 0.3 is 0 Å². The number of nitrogens with one attached hydrogen (secondary N) is 1. The van der Waals surface area contributed by atoms with Crippen molar-refractivity contribution < 1.29 is 9.59 Å². The van der Waals surface area contributed by atoms with E-state index >= 15 is 0 Å². The van der Waals surface area contributed by atoms with Gasteiger partial charge in [0.05, 0.1) is 11.5 Å². The molecule has 0 spiro atoms. The van der Waals surface area contributed by atoms with Gasteiger partial charge in [-0.2, -0.15) is 5.26 Å². The maximum absolute atomic E-state index is 13.5. The Kier molecular flexibility index (Phi) is 7.51. The van der Waals surface area contributed by atoms with E-state index in [1.807, 2.05) is 65.6 Å². The highest BCUT2D eigenvalue weighted by molar-refractivity contribution is 7.14. The molecule has 1 aliphatic rings. The number of benzene rings is 2. The van der Waals surface area contributed by atoms with E-state index in [9.17, 15) is 9.59 Å². The van der Waals surface area contributed by atoms with Crippen molar-refractivity contribution in [3.8, 4) is 6.07 Å². The summed E-state index contributed by atoms with van der Waals surface area (Å²) >= 11 is 1.35. The normalized spacial score (nSPS) is 14.1. The fourth-order valence-electron chi connectivity index (χ4n) is 4.09. The van der Waals surface area contributed by atoms with Gasteiger partial charge in [0, 0.05) is 39.1 Å². The molecule has 0 atom stereocenters. The van der Waals surface area contributed by atoms with Crippen LogP contribution in [0.15, 0.2) is 72.1 Å². The zero-order valence-electron chi connectivity index (χ0n) is 18.3. The molecule has 3 aromatic rings. The minimum Gasteiger partial charge on any atom is -0.339 e. The van der Waals surface area contributed by atoms with Crippen LogP contribution in [0.3, 0.4) is 0 Å². The average Bonchev–Trinajstić information content (AvgIpc) is 3.31. The number of amides is 2. The van der Waals surface area contributed by atoms with E-state index in [-0.39, 0.29) is 17.7 Å². The van der Waals surface area contributed by atoms with Gasteiger partial charge in [-0.15, -0.1) is 11.3 Å². The molecule has 0 radical (unpaired) electrons. The van der Waals surface area contributed by atoms with Crippen LogP contribution in [-0.2, 0) is 9.59 Å². The summed E-state index contributed by atoms with van der Waals surface area (Å²) in [5, 5.41) is 14.3. The number of carbonyl (C=O) groups excluding carboxylic acids is 2. The van der Waals surface area contributed by atoms with Crippen molar-refractivity contribution in [1.82, 2.24) is 9.80 Å². The Balaban J connectivity index is 1.32. The lowest BCUT2D eigenvalue weighted by Crippen LogP contribution is -2.50. The summed E-state index contributed by atoms with van der Waals surface area (Å²) in [4.78, 5) is 30.0. The highest BCUT2D eigenvalue weighted by Gasteiger charge is 2.29. The van der Waals surface area contributed by atoms with E-state index in [4.69, 9.17) is 5.26 Å². The summed E-state index contributed by atoms with van der Waals surface area (Å²) < 4.78 is 0. The molecule has 0 unspecified atom stereocenters. The van der Waals surface area contributed by atoms with Crippen molar-refractivity contribution >= 4 is 28.2 Å². The number of piperazine rings is 1. The molecular formula is C26H26N4O2S. The molecule has 33 heavy (non-hydrogen) atoms. The third-order valence-electron chi connectivity index (χ3n) is 5.89. The Morgan fingerprint density at radius 2 is 1.55 bits per heavy atom. The van der Waals surface area contributed by atoms with Crippen LogP contribution >= 0.6 is 11.3 Å². The molecule has 1 aliphatic heterocycles. The first-order valence-electron chi connectivity index (χ1n) is 11.0. The Bertz CT molecular complexity index is 1080.